The van der Waals surface area contributed by atoms with E-state index >= 15 is 0 Å². The number of amides is 3. The van der Waals surface area contributed by atoms with Crippen LogP contribution in [0.15, 0.2) is 41.5 Å². The van der Waals surface area contributed by atoms with E-state index in [4.69, 9.17) is 17.1 Å². The fourth-order valence-electron chi connectivity index (χ4n) is 3.91. The Kier molecular flexibility index (Phi) is 7.51. The first-order valence-electron chi connectivity index (χ1n) is 11.3. The largest absolute Gasteiger partial charge is 0.350 e. The Hall–Kier alpha value is -4.28. The maximum atomic E-state index is 14.1. The summed E-state index contributed by atoms with van der Waals surface area (Å²) in [7, 11) is 0. The van der Waals surface area contributed by atoms with Crippen LogP contribution in [0.1, 0.15) is 46.2 Å². The second-order valence-corrected chi connectivity index (χ2v) is 8.94. The Morgan fingerprint density at radius 1 is 1.27 bits per heavy atom. The summed E-state index contributed by atoms with van der Waals surface area (Å²) in [5, 5.41) is 10.2. The molecule has 1 fully saturated rings. The van der Waals surface area contributed by atoms with Crippen molar-refractivity contribution in [2.45, 2.75) is 38.9 Å². The van der Waals surface area contributed by atoms with Gasteiger partial charge in [-0.25, -0.2) is 4.39 Å². The molecule has 1 N–H and O–H groups in total. The summed E-state index contributed by atoms with van der Waals surface area (Å²) in [5.74, 6) is -2.66. The molecule has 1 aromatic heterocycles. The Morgan fingerprint density at radius 2 is 2.03 bits per heavy atom. The summed E-state index contributed by atoms with van der Waals surface area (Å²) in [6.45, 7) is 0.745. The summed E-state index contributed by atoms with van der Waals surface area (Å²) in [6, 6.07) is 8.69. The highest BCUT2D eigenvalue weighted by Crippen LogP contribution is 2.28. The summed E-state index contributed by atoms with van der Waals surface area (Å²) >= 11 is 5.78. The van der Waals surface area contributed by atoms with Crippen molar-refractivity contribution in [3.05, 3.63) is 74.5 Å². The average molecular weight is 526 g/mol. The Morgan fingerprint density at radius 3 is 2.70 bits per heavy atom. The normalized spacial score (nSPS) is 12.6. The predicted octanol–water partition coefficient (Wildman–Crippen LogP) is 3.79. The summed E-state index contributed by atoms with van der Waals surface area (Å²) in [6.07, 6.45) is 1.48. The van der Waals surface area contributed by atoms with Gasteiger partial charge in [0.05, 0.1) is 17.1 Å². The molecule has 1 heterocycles. The number of nitrogens with one attached hydrogen (secondary N) is 1. The second kappa shape index (κ2) is 10.8. The topological polar surface area (TPSA) is 150 Å². The standard InChI is InChI=1S/C24H21ClFN7O4/c1-13(34)23-17-9-14(24(37)29-31-27)5-8-19(17)33(30-23)12-21(36)32(16-6-7-16)11-20(35)28-10-15-3-2-4-18(25)22(15)26/h2-5,8-9,16H,6-7,10-12H2,1H3,(H,28,35). The van der Waals surface area contributed by atoms with Crippen LogP contribution in [0.25, 0.3) is 21.3 Å². The number of fused-ring (bicyclic) bond motifs is 1. The number of aromatic nitrogens is 2. The molecule has 0 bridgehead atoms. The molecular weight excluding hydrogens is 505 g/mol. The number of ketones is 1. The molecule has 37 heavy (non-hydrogen) atoms. The number of hydrogen-bond donors (Lipinski definition) is 1. The Labute approximate surface area is 214 Å². The quantitative estimate of drug-likeness (QED) is 0.195. The minimum atomic E-state index is -0.814. The fraction of sp³-hybridized carbons (Fsp3) is 0.292. The van der Waals surface area contributed by atoms with Crippen LogP contribution in [0.2, 0.25) is 5.02 Å². The molecule has 0 unspecified atom stereocenters. The van der Waals surface area contributed by atoms with Gasteiger partial charge in [-0.05, 0) is 47.8 Å². The van der Waals surface area contributed by atoms with E-state index in [1.54, 1.807) is 6.07 Å². The maximum absolute atomic E-state index is 14.1. The van der Waals surface area contributed by atoms with Crippen molar-refractivity contribution in [3.8, 4) is 0 Å². The third-order valence-corrected chi connectivity index (χ3v) is 6.17. The van der Waals surface area contributed by atoms with Gasteiger partial charge in [0.1, 0.15) is 18.1 Å². The fourth-order valence-corrected chi connectivity index (χ4v) is 4.10. The van der Waals surface area contributed by atoms with Crippen molar-refractivity contribution in [2.75, 3.05) is 6.54 Å². The third-order valence-electron chi connectivity index (χ3n) is 5.88. The van der Waals surface area contributed by atoms with Gasteiger partial charge in [0, 0.05) is 40.9 Å². The van der Waals surface area contributed by atoms with Gasteiger partial charge in [0.25, 0.3) is 0 Å². The molecule has 0 radical (unpaired) electrons. The third kappa shape index (κ3) is 5.76. The highest BCUT2D eigenvalue weighted by Gasteiger charge is 2.34. The number of rotatable bonds is 9. The number of benzene rings is 2. The average Bonchev–Trinajstić information content (AvgIpc) is 3.64. The molecule has 11 nitrogen and oxygen atoms in total. The molecular formula is C24H21ClFN7O4. The molecule has 3 aromatic rings. The van der Waals surface area contributed by atoms with E-state index in [0.717, 1.165) is 12.8 Å². The lowest BCUT2D eigenvalue weighted by Crippen LogP contribution is -2.43. The molecule has 4 rings (SSSR count). The van der Waals surface area contributed by atoms with Crippen LogP contribution < -0.4 is 5.32 Å². The number of hydrogen-bond acceptors (Lipinski definition) is 5. The van der Waals surface area contributed by atoms with Gasteiger partial charge in [0.15, 0.2) is 5.78 Å². The highest BCUT2D eigenvalue weighted by molar-refractivity contribution is 6.30. The lowest BCUT2D eigenvalue weighted by Gasteiger charge is -2.22. The molecule has 1 saturated carbocycles. The number of carbonyl (C=O) groups excluding carboxylic acids is 4. The maximum Gasteiger partial charge on any atom is 0.249 e. The zero-order chi connectivity index (χ0) is 26.7. The summed E-state index contributed by atoms with van der Waals surface area (Å²) < 4.78 is 15.4. The molecule has 0 aliphatic heterocycles. The summed E-state index contributed by atoms with van der Waals surface area (Å²) in [4.78, 5) is 53.8. The molecule has 3 amide bonds. The molecule has 0 saturated heterocycles. The number of halogens is 2. The minimum absolute atomic E-state index is 0.0489. The first kappa shape index (κ1) is 25.8. The van der Waals surface area contributed by atoms with Gasteiger partial charge in [-0.3, -0.25) is 23.9 Å². The van der Waals surface area contributed by atoms with E-state index in [1.807, 2.05) is 0 Å². The zero-order valence-corrected chi connectivity index (χ0v) is 20.4. The van der Waals surface area contributed by atoms with E-state index in [2.05, 4.69) is 20.4 Å². The Bertz CT molecular complexity index is 1480. The summed E-state index contributed by atoms with van der Waals surface area (Å²) in [5.41, 5.74) is 9.29. The number of carbonyl (C=O) groups is 4. The van der Waals surface area contributed by atoms with Crippen LogP contribution in [0, 0.1) is 5.82 Å². The van der Waals surface area contributed by atoms with Gasteiger partial charge in [-0.15, -0.1) is 0 Å². The first-order valence-corrected chi connectivity index (χ1v) is 11.7. The highest BCUT2D eigenvalue weighted by atomic mass is 35.5. The first-order chi connectivity index (χ1) is 17.7. The number of azide groups is 1. The van der Waals surface area contributed by atoms with Crippen LogP contribution in [-0.4, -0.2) is 50.8 Å². The molecule has 0 atom stereocenters. The van der Waals surface area contributed by atoms with Crippen LogP contribution in [0.5, 0.6) is 0 Å². The minimum Gasteiger partial charge on any atom is -0.350 e. The SMILES string of the molecule is CC(=O)c1nn(CC(=O)N(CC(=O)NCc2cccc(Cl)c2F)C2CC2)c2ccc(C(=O)N=[N+]=[N-])cc12. The van der Waals surface area contributed by atoms with Crippen molar-refractivity contribution in [3.63, 3.8) is 0 Å². The van der Waals surface area contributed by atoms with Crippen LogP contribution in [0.3, 0.4) is 0 Å². The molecule has 13 heteroatoms. The molecule has 1 aliphatic carbocycles. The van der Waals surface area contributed by atoms with Crippen molar-refractivity contribution in [2.24, 2.45) is 5.11 Å². The number of Topliss-reactive ketones (excluding diaryl/α,β-unsaturated/α-hetero) is 1. The van der Waals surface area contributed by atoms with Gasteiger partial charge in [0.2, 0.25) is 17.7 Å². The van der Waals surface area contributed by atoms with Gasteiger partial charge in [-0.1, -0.05) is 23.7 Å². The Balaban J connectivity index is 1.51. The van der Waals surface area contributed by atoms with E-state index in [9.17, 15) is 23.6 Å². The number of nitrogens with zero attached hydrogens (tertiary/aromatic N) is 6. The second-order valence-electron chi connectivity index (χ2n) is 8.53. The predicted molar refractivity (Wildman–Crippen MR) is 131 cm³/mol. The lowest BCUT2D eigenvalue weighted by atomic mass is 10.1. The van der Waals surface area contributed by atoms with E-state index < -0.39 is 17.6 Å². The van der Waals surface area contributed by atoms with E-state index in [-0.39, 0.29) is 59.2 Å². The molecule has 1 aliphatic rings. The van der Waals surface area contributed by atoms with Gasteiger partial charge < -0.3 is 10.2 Å². The van der Waals surface area contributed by atoms with Crippen molar-refractivity contribution >= 4 is 46.0 Å². The van der Waals surface area contributed by atoms with Crippen LogP contribution in [0.4, 0.5) is 4.39 Å². The van der Waals surface area contributed by atoms with Crippen molar-refractivity contribution < 1.29 is 23.6 Å². The smallest absolute Gasteiger partial charge is 0.249 e. The van der Waals surface area contributed by atoms with E-state index in [1.165, 1.54) is 46.8 Å². The van der Waals surface area contributed by atoms with Crippen LogP contribution >= 0.6 is 11.6 Å². The zero-order valence-electron chi connectivity index (χ0n) is 19.6. The van der Waals surface area contributed by atoms with Crippen molar-refractivity contribution in [1.29, 1.82) is 0 Å². The van der Waals surface area contributed by atoms with Crippen molar-refractivity contribution in [1.82, 2.24) is 20.0 Å². The van der Waals surface area contributed by atoms with E-state index in [0.29, 0.717) is 10.9 Å². The van der Waals surface area contributed by atoms with Crippen LogP contribution in [-0.2, 0) is 22.7 Å². The van der Waals surface area contributed by atoms with Gasteiger partial charge in [-0.2, -0.15) is 5.10 Å². The monoisotopic (exact) mass is 525 g/mol. The molecule has 0 spiro atoms. The molecule has 2 aromatic carbocycles. The van der Waals surface area contributed by atoms with Gasteiger partial charge >= 0.3 is 0 Å². The molecule has 190 valence electrons. The lowest BCUT2D eigenvalue weighted by molar-refractivity contribution is -0.137.